The normalized spacial score (nSPS) is 9.00. The van der Waals surface area contributed by atoms with Gasteiger partial charge in [-0.15, -0.1) is 5.92 Å². The Morgan fingerprint density at radius 1 is 1.29 bits per heavy atom. The van der Waals surface area contributed by atoms with Crippen molar-refractivity contribution in [3.8, 4) is 11.8 Å². The van der Waals surface area contributed by atoms with Crippen molar-refractivity contribution in [3.05, 3.63) is 29.8 Å². The van der Waals surface area contributed by atoms with E-state index in [0.29, 0.717) is 13.2 Å². The fourth-order valence-electron chi connectivity index (χ4n) is 1.12. The molecule has 0 saturated heterocycles. The highest BCUT2D eigenvalue weighted by molar-refractivity contribution is 5.45. The Morgan fingerprint density at radius 2 is 2.00 bits per heavy atom. The van der Waals surface area contributed by atoms with E-state index in [0.717, 1.165) is 5.69 Å². The standard InChI is InChI=1S/C12H15NO/c1-3-4-9-13-12-7-5-11(6-8-12)10-14-2/h5-8,13H,9-10H2,1-2H3. The molecule has 0 spiro atoms. The molecule has 0 fully saturated rings. The van der Waals surface area contributed by atoms with E-state index in [2.05, 4.69) is 17.2 Å². The van der Waals surface area contributed by atoms with Gasteiger partial charge in [0.1, 0.15) is 0 Å². The van der Waals surface area contributed by atoms with Crippen LogP contribution in [-0.4, -0.2) is 13.7 Å². The molecule has 1 rings (SSSR count). The second-order valence-corrected chi connectivity index (χ2v) is 2.91. The van der Waals surface area contributed by atoms with Gasteiger partial charge in [0.2, 0.25) is 0 Å². The van der Waals surface area contributed by atoms with E-state index in [1.807, 2.05) is 31.2 Å². The van der Waals surface area contributed by atoms with Gasteiger partial charge in [-0.2, -0.15) is 0 Å². The molecule has 2 nitrogen and oxygen atoms in total. The molecule has 1 aromatic rings. The molecule has 0 unspecified atom stereocenters. The van der Waals surface area contributed by atoms with Crippen LogP contribution < -0.4 is 5.32 Å². The van der Waals surface area contributed by atoms with Crippen molar-refractivity contribution >= 4 is 5.69 Å². The lowest BCUT2D eigenvalue weighted by atomic mass is 10.2. The maximum absolute atomic E-state index is 5.02. The summed E-state index contributed by atoms with van der Waals surface area (Å²) in [7, 11) is 1.70. The van der Waals surface area contributed by atoms with E-state index in [1.165, 1.54) is 5.56 Å². The van der Waals surface area contributed by atoms with E-state index >= 15 is 0 Å². The van der Waals surface area contributed by atoms with Gasteiger partial charge in [-0.25, -0.2) is 0 Å². The molecule has 0 radical (unpaired) electrons. The Kier molecular flexibility index (Phi) is 4.60. The third-order valence-corrected chi connectivity index (χ3v) is 1.82. The van der Waals surface area contributed by atoms with Crippen LogP contribution in [0.5, 0.6) is 0 Å². The Hall–Kier alpha value is -1.46. The monoisotopic (exact) mass is 189 g/mol. The molecule has 0 amide bonds. The third-order valence-electron chi connectivity index (χ3n) is 1.82. The lowest BCUT2D eigenvalue weighted by Gasteiger charge is -2.03. The molecular formula is C12H15NO. The topological polar surface area (TPSA) is 21.3 Å². The average molecular weight is 189 g/mol. The molecule has 1 N–H and O–H groups in total. The Labute approximate surface area is 85.3 Å². The molecular weight excluding hydrogens is 174 g/mol. The van der Waals surface area contributed by atoms with Crippen molar-refractivity contribution in [3.63, 3.8) is 0 Å². The predicted molar refractivity (Wildman–Crippen MR) is 59.1 cm³/mol. The zero-order valence-electron chi connectivity index (χ0n) is 8.63. The number of benzene rings is 1. The van der Waals surface area contributed by atoms with Gasteiger partial charge in [-0.05, 0) is 24.6 Å². The zero-order chi connectivity index (χ0) is 10.2. The largest absolute Gasteiger partial charge is 0.380 e. The van der Waals surface area contributed by atoms with Gasteiger partial charge in [0, 0.05) is 12.8 Å². The molecule has 0 heterocycles. The number of ether oxygens (including phenoxy) is 1. The Bertz CT molecular complexity index is 318. The van der Waals surface area contributed by atoms with Gasteiger partial charge in [0.05, 0.1) is 13.2 Å². The first-order chi connectivity index (χ1) is 6.86. The molecule has 0 aromatic heterocycles. The van der Waals surface area contributed by atoms with E-state index < -0.39 is 0 Å². The average Bonchev–Trinajstić information content (AvgIpc) is 2.21. The van der Waals surface area contributed by atoms with Gasteiger partial charge in [0.25, 0.3) is 0 Å². The molecule has 0 aliphatic rings. The van der Waals surface area contributed by atoms with Crippen LogP contribution in [0.2, 0.25) is 0 Å². The number of rotatable bonds is 4. The summed E-state index contributed by atoms with van der Waals surface area (Å²) in [5.41, 5.74) is 2.27. The minimum absolute atomic E-state index is 0.662. The number of methoxy groups -OCH3 is 1. The van der Waals surface area contributed by atoms with Gasteiger partial charge in [0.15, 0.2) is 0 Å². The Balaban J connectivity index is 2.49. The maximum atomic E-state index is 5.02. The number of hydrogen-bond donors (Lipinski definition) is 1. The van der Waals surface area contributed by atoms with Crippen molar-refractivity contribution in [2.75, 3.05) is 19.0 Å². The van der Waals surface area contributed by atoms with Crippen LogP contribution in [0.4, 0.5) is 5.69 Å². The van der Waals surface area contributed by atoms with E-state index in [-0.39, 0.29) is 0 Å². The first-order valence-electron chi connectivity index (χ1n) is 4.58. The van der Waals surface area contributed by atoms with Gasteiger partial charge in [-0.3, -0.25) is 0 Å². The highest BCUT2D eigenvalue weighted by Gasteiger charge is 1.92. The summed E-state index contributed by atoms with van der Waals surface area (Å²) < 4.78 is 5.02. The number of hydrogen-bond acceptors (Lipinski definition) is 2. The molecule has 0 atom stereocenters. The van der Waals surface area contributed by atoms with Crippen LogP contribution in [0.1, 0.15) is 12.5 Å². The fraction of sp³-hybridized carbons (Fsp3) is 0.333. The van der Waals surface area contributed by atoms with Crippen LogP contribution in [0.15, 0.2) is 24.3 Å². The molecule has 2 heteroatoms. The highest BCUT2D eigenvalue weighted by atomic mass is 16.5. The van der Waals surface area contributed by atoms with Crippen LogP contribution in [0.25, 0.3) is 0 Å². The van der Waals surface area contributed by atoms with Crippen LogP contribution in [-0.2, 0) is 11.3 Å². The molecule has 0 aliphatic heterocycles. The highest BCUT2D eigenvalue weighted by Crippen LogP contribution is 2.09. The first-order valence-corrected chi connectivity index (χ1v) is 4.58. The SMILES string of the molecule is CC#CCNc1ccc(COC)cc1. The summed E-state index contributed by atoms with van der Waals surface area (Å²) >= 11 is 0. The van der Waals surface area contributed by atoms with E-state index in [4.69, 9.17) is 4.74 Å². The first kappa shape index (κ1) is 10.6. The van der Waals surface area contributed by atoms with Crippen LogP contribution in [0, 0.1) is 11.8 Å². The fourth-order valence-corrected chi connectivity index (χ4v) is 1.12. The van der Waals surface area contributed by atoms with Crippen LogP contribution >= 0.6 is 0 Å². The predicted octanol–water partition coefficient (Wildman–Crippen LogP) is 2.27. The van der Waals surface area contributed by atoms with Crippen molar-refractivity contribution in [1.82, 2.24) is 0 Å². The minimum atomic E-state index is 0.662. The smallest absolute Gasteiger partial charge is 0.0765 e. The van der Waals surface area contributed by atoms with Gasteiger partial charge in [-0.1, -0.05) is 18.1 Å². The van der Waals surface area contributed by atoms with Crippen LogP contribution in [0.3, 0.4) is 0 Å². The minimum Gasteiger partial charge on any atom is -0.380 e. The third kappa shape index (κ3) is 3.51. The van der Waals surface area contributed by atoms with E-state index in [9.17, 15) is 0 Å². The van der Waals surface area contributed by atoms with Crippen molar-refractivity contribution in [1.29, 1.82) is 0 Å². The zero-order valence-corrected chi connectivity index (χ0v) is 8.63. The summed E-state index contributed by atoms with van der Waals surface area (Å²) in [6, 6.07) is 8.16. The summed E-state index contributed by atoms with van der Waals surface area (Å²) in [4.78, 5) is 0. The molecule has 0 bridgehead atoms. The molecule has 0 aliphatic carbocycles. The summed E-state index contributed by atoms with van der Waals surface area (Å²) in [5.74, 6) is 5.79. The lowest BCUT2D eigenvalue weighted by molar-refractivity contribution is 0.185. The summed E-state index contributed by atoms with van der Waals surface area (Å²) in [5, 5.41) is 3.20. The van der Waals surface area contributed by atoms with Crippen molar-refractivity contribution < 1.29 is 4.74 Å². The van der Waals surface area contributed by atoms with Gasteiger partial charge >= 0.3 is 0 Å². The summed E-state index contributed by atoms with van der Waals surface area (Å²) in [6.07, 6.45) is 0. The van der Waals surface area contributed by atoms with E-state index in [1.54, 1.807) is 7.11 Å². The molecule has 1 aromatic carbocycles. The second kappa shape index (κ2) is 6.06. The van der Waals surface area contributed by atoms with Gasteiger partial charge < -0.3 is 10.1 Å². The molecule has 0 saturated carbocycles. The lowest BCUT2D eigenvalue weighted by Crippen LogP contribution is -1.98. The molecule has 14 heavy (non-hydrogen) atoms. The maximum Gasteiger partial charge on any atom is 0.0765 e. The summed E-state index contributed by atoms with van der Waals surface area (Å²) in [6.45, 7) is 3.19. The quantitative estimate of drug-likeness (QED) is 0.734. The van der Waals surface area contributed by atoms with Crippen molar-refractivity contribution in [2.24, 2.45) is 0 Å². The Morgan fingerprint density at radius 3 is 2.57 bits per heavy atom. The number of nitrogens with one attached hydrogen (secondary N) is 1. The second-order valence-electron chi connectivity index (χ2n) is 2.91. The molecule has 74 valence electrons. The van der Waals surface area contributed by atoms with Crippen molar-refractivity contribution in [2.45, 2.75) is 13.5 Å². The number of anilines is 1.